The Hall–Kier alpha value is -2.88. The molecule has 24 heavy (non-hydrogen) atoms. The summed E-state index contributed by atoms with van der Waals surface area (Å²) in [7, 11) is 0. The standard InChI is InChI=1S/C20H21N3O/c1-15-9-11-16(12-10-15)13-22-23-20(24)8-4-5-17-14-21-19-7-3-2-6-18(17)19/h2-3,6-7,9-14,21H,4-5,8H2,1H3,(H,23,24)/b22-13+. The van der Waals surface area contributed by atoms with Crippen LogP contribution >= 0.6 is 0 Å². The molecule has 0 atom stereocenters. The van der Waals surface area contributed by atoms with Gasteiger partial charge in [-0.15, -0.1) is 0 Å². The Morgan fingerprint density at radius 1 is 1.17 bits per heavy atom. The van der Waals surface area contributed by atoms with Gasteiger partial charge in [0, 0.05) is 23.5 Å². The second-order valence-corrected chi connectivity index (χ2v) is 5.92. The Balaban J connectivity index is 1.45. The molecule has 0 bridgehead atoms. The van der Waals surface area contributed by atoms with Gasteiger partial charge in [0.1, 0.15) is 0 Å². The van der Waals surface area contributed by atoms with Crippen LogP contribution in [-0.4, -0.2) is 17.1 Å². The van der Waals surface area contributed by atoms with E-state index < -0.39 is 0 Å². The first-order valence-corrected chi connectivity index (χ1v) is 8.16. The van der Waals surface area contributed by atoms with E-state index in [0.717, 1.165) is 23.9 Å². The molecule has 3 rings (SSSR count). The highest BCUT2D eigenvalue weighted by atomic mass is 16.2. The molecular formula is C20H21N3O. The molecule has 0 saturated carbocycles. The fourth-order valence-electron chi connectivity index (χ4n) is 2.67. The fraction of sp³-hybridized carbons (Fsp3) is 0.200. The lowest BCUT2D eigenvalue weighted by Gasteiger charge is -2.01. The number of nitrogens with zero attached hydrogens (tertiary/aromatic N) is 1. The quantitative estimate of drug-likeness (QED) is 0.524. The number of aryl methyl sites for hydroxylation is 2. The van der Waals surface area contributed by atoms with Crippen molar-refractivity contribution in [1.82, 2.24) is 10.4 Å². The number of fused-ring (bicyclic) bond motifs is 1. The first kappa shape index (κ1) is 16.0. The number of H-pyrrole nitrogens is 1. The maximum Gasteiger partial charge on any atom is 0.240 e. The molecule has 0 unspecified atom stereocenters. The van der Waals surface area contributed by atoms with E-state index in [2.05, 4.69) is 27.6 Å². The van der Waals surface area contributed by atoms with Crippen molar-refractivity contribution in [3.05, 3.63) is 71.4 Å². The van der Waals surface area contributed by atoms with Gasteiger partial charge in [0.05, 0.1) is 6.21 Å². The largest absolute Gasteiger partial charge is 0.361 e. The molecule has 2 N–H and O–H groups in total. The third kappa shape index (κ3) is 4.10. The monoisotopic (exact) mass is 319 g/mol. The summed E-state index contributed by atoms with van der Waals surface area (Å²) in [5.74, 6) is -0.0572. The molecule has 1 aromatic heterocycles. The third-order valence-corrected chi connectivity index (χ3v) is 4.01. The molecule has 1 amide bonds. The molecule has 0 spiro atoms. The van der Waals surface area contributed by atoms with Gasteiger partial charge in [-0.3, -0.25) is 4.79 Å². The summed E-state index contributed by atoms with van der Waals surface area (Å²) < 4.78 is 0. The number of hydrogen-bond donors (Lipinski definition) is 2. The van der Waals surface area contributed by atoms with E-state index in [1.54, 1.807) is 6.21 Å². The molecule has 0 saturated heterocycles. The number of nitrogens with one attached hydrogen (secondary N) is 2. The number of carbonyl (C=O) groups is 1. The highest BCUT2D eigenvalue weighted by Crippen LogP contribution is 2.19. The van der Waals surface area contributed by atoms with E-state index in [0.29, 0.717) is 6.42 Å². The summed E-state index contributed by atoms with van der Waals surface area (Å²) >= 11 is 0. The van der Waals surface area contributed by atoms with Crippen LogP contribution in [0.15, 0.2) is 59.8 Å². The summed E-state index contributed by atoms with van der Waals surface area (Å²) in [5, 5.41) is 5.24. The van der Waals surface area contributed by atoms with Crippen molar-refractivity contribution in [2.45, 2.75) is 26.2 Å². The van der Waals surface area contributed by atoms with Gasteiger partial charge in [-0.25, -0.2) is 5.43 Å². The molecule has 2 aromatic carbocycles. The van der Waals surface area contributed by atoms with Crippen LogP contribution in [0.1, 0.15) is 29.5 Å². The van der Waals surface area contributed by atoms with Gasteiger partial charge in [-0.1, -0.05) is 48.0 Å². The van der Waals surface area contributed by atoms with Crippen molar-refractivity contribution in [3.63, 3.8) is 0 Å². The number of aromatic nitrogens is 1. The zero-order chi connectivity index (χ0) is 16.8. The number of carbonyl (C=O) groups excluding carboxylic acids is 1. The molecule has 0 aliphatic carbocycles. The van der Waals surface area contributed by atoms with Gasteiger partial charge < -0.3 is 4.98 Å². The normalized spacial score (nSPS) is 11.2. The molecule has 0 fully saturated rings. The van der Waals surface area contributed by atoms with Crippen molar-refractivity contribution in [1.29, 1.82) is 0 Å². The van der Waals surface area contributed by atoms with Crippen LogP contribution in [0.2, 0.25) is 0 Å². The minimum absolute atomic E-state index is 0.0572. The number of aromatic amines is 1. The van der Waals surface area contributed by atoms with E-state index in [1.165, 1.54) is 16.5 Å². The smallest absolute Gasteiger partial charge is 0.240 e. The van der Waals surface area contributed by atoms with Gasteiger partial charge in [-0.05, 0) is 37.0 Å². The van der Waals surface area contributed by atoms with Crippen LogP contribution in [0.25, 0.3) is 10.9 Å². The first-order chi connectivity index (χ1) is 11.7. The Kier molecular flexibility index (Phi) is 5.06. The lowest BCUT2D eigenvalue weighted by Crippen LogP contribution is -2.17. The number of benzene rings is 2. The zero-order valence-corrected chi connectivity index (χ0v) is 13.8. The van der Waals surface area contributed by atoms with Gasteiger partial charge in [0.15, 0.2) is 0 Å². The van der Waals surface area contributed by atoms with E-state index in [4.69, 9.17) is 0 Å². The minimum Gasteiger partial charge on any atom is -0.361 e. The van der Waals surface area contributed by atoms with Crippen LogP contribution < -0.4 is 5.43 Å². The number of rotatable bonds is 6. The highest BCUT2D eigenvalue weighted by molar-refractivity contribution is 5.83. The molecule has 1 heterocycles. The molecule has 0 radical (unpaired) electrons. The van der Waals surface area contributed by atoms with Gasteiger partial charge in [0.2, 0.25) is 5.91 Å². The summed E-state index contributed by atoms with van der Waals surface area (Å²) in [6.07, 6.45) is 5.83. The average Bonchev–Trinajstić information content (AvgIpc) is 3.00. The van der Waals surface area contributed by atoms with Crippen LogP contribution in [0.4, 0.5) is 0 Å². The second-order valence-electron chi connectivity index (χ2n) is 5.92. The number of hydrogen-bond acceptors (Lipinski definition) is 2. The van der Waals surface area contributed by atoms with Gasteiger partial charge in [-0.2, -0.15) is 5.10 Å². The predicted octanol–water partition coefficient (Wildman–Crippen LogP) is 3.95. The van der Waals surface area contributed by atoms with Crippen molar-refractivity contribution in [2.24, 2.45) is 5.10 Å². The van der Waals surface area contributed by atoms with E-state index in [-0.39, 0.29) is 5.91 Å². The lowest BCUT2D eigenvalue weighted by molar-refractivity contribution is -0.121. The minimum atomic E-state index is -0.0572. The molecule has 3 aromatic rings. The zero-order valence-electron chi connectivity index (χ0n) is 13.8. The van der Waals surface area contributed by atoms with Crippen molar-refractivity contribution >= 4 is 23.0 Å². The van der Waals surface area contributed by atoms with Gasteiger partial charge in [0.25, 0.3) is 0 Å². The predicted molar refractivity (Wildman–Crippen MR) is 98.2 cm³/mol. The van der Waals surface area contributed by atoms with Crippen molar-refractivity contribution in [2.75, 3.05) is 0 Å². The number of hydrazone groups is 1. The summed E-state index contributed by atoms with van der Waals surface area (Å²) in [6.45, 7) is 2.04. The Morgan fingerprint density at radius 2 is 1.96 bits per heavy atom. The van der Waals surface area contributed by atoms with Crippen LogP contribution in [0, 0.1) is 6.92 Å². The summed E-state index contributed by atoms with van der Waals surface area (Å²) in [4.78, 5) is 15.1. The third-order valence-electron chi connectivity index (χ3n) is 4.01. The maximum atomic E-state index is 11.8. The van der Waals surface area contributed by atoms with Crippen LogP contribution in [-0.2, 0) is 11.2 Å². The van der Waals surface area contributed by atoms with Crippen LogP contribution in [0.3, 0.4) is 0 Å². The highest BCUT2D eigenvalue weighted by Gasteiger charge is 2.04. The maximum absolute atomic E-state index is 11.8. The molecule has 4 heteroatoms. The van der Waals surface area contributed by atoms with Crippen molar-refractivity contribution in [3.8, 4) is 0 Å². The van der Waals surface area contributed by atoms with Crippen molar-refractivity contribution < 1.29 is 4.79 Å². The van der Waals surface area contributed by atoms with E-state index in [1.807, 2.05) is 49.5 Å². The number of para-hydroxylation sites is 1. The summed E-state index contributed by atoms with van der Waals surface area (Å²) in [6, 6.07) is 16.2. The fourth-order valence-corrected chi connectivity index (χ4v) is 2.67. The topological polar surface area (TPSA) is 57.2 Å². The summed E-state index contributed by atoms with van der Waals surface area (Å²) in [5.41, 5.74) is 7.15. The Bertz CT molecular complexity index is 847. The number of amides is 1. The Labute approximate surface area is 141 Å². The molecule has 0 aliphatic heterocycles. The second kappa shape index (κ2) is 7.59. The molecule has 4 nitrogen and oxygen atoms in total. The molecule has 122 valence electrons. The molecular weight excluding hydrogens is 298 g/mol. The van der Waals surface area contributed by atoms with Crippen LogP contribution in [0.5, 0.6) is 0 Å². The first-order valence-electron chi connectivity index (χ1n) is 8.16. The van der Waals surface area contributed by atoms with E-state index in [9.17, 15) is 4.79 Å². The van der Waals surface area contributed by atoms with Gasteiger partial charge >= 0.3 is 0 Å². The van der Waals surface area contributed by atoms with E-state index >= 15 is 0 Å². The Morgan fingerprint density at radius 3 is 2.79 bits per heavy atom. The average molecular weight is 319 g/mol. The SMILES string of the molecule is Cc1ccc(/C=N/NC(=O)CCCc2c[nH]c3ccccc23)cc1. The molecule has 0 aliphatic rings. The lowest BCUT2D eigenvalue weighted by atomic mass is 10.1.